The molecule has 2 fully saturated rings. The van der Waals surface area contributed by atoms with Gasteiger partial charge in [0.05, 0.1) is 0 Å². The van der Waals surface area contributed by atoms with Crippen LogP contribution < -0.4 is 5.32 Å². The van der Waals surface area contributed by atoms with E-state index in [1.807, 2.05) is 0 Å². The summed E-state index contributed by atoms with van der Waals surface area (Å²) in [5.74, 6) is 0.771. The van der Waals surface area contributed by atoms with Gasteiger partial charge in [0.1, 0.15) is 0 Å². The summed E-state index contributed by atoms with van der Waals surface area (Å²) in [7, 11) is 2.27. The molecule has 0 bridgehead atoms. The SMILES string of the molecule is CC(C)CN(CC1CCCN1)C1CC(C)N(C)C1. The second-order valence-electron chi connectivity index (χ2n) is 6.82. The maximum atomic E-state index is 3.65. The minimum absolute atomic E-state index is 0.741. The predicted octanol–water partition coefficient (Wildman–Crippen LogP) is 1.79. The fourth-order valence-electron chi connectivity index (χ4n) is 3.46. The lowest BCUT2D eigenvalue weighted by Crippen LogP contribution is -2.46. The van der Waals surface area contributed by atoms with E-state index in [1.165, 1.54) is 45.4 Å². The van der Waals surface area contributed by atoms with E-state index in [0.717, 1.165) is 24.0 Å². The van der Waals surface area contributed by atoms with E-state index in [0.29, 0.717) is 0 Å². The first-order valence-electron chi connectivity index (χ1n) is 7.74. The van der Waals surface area contributed by atoms with Crippen molar-refractivity contribution in [1.29, 1.82) is 0 Å². The summed E-state index contributed by atoms with van der Waals surface area (Å²) < 4.78 is 0. The lowest BCUT2D eigenvalue weighted by molar-refractivity contribution is 0.163. The minimum Gasteiger partial charge on any atom is -0.313 e. The second-order valence-corrected chi connectivity index (χ2v) is 6.82. The van der Waals surface area contributed by atoms with Crippen LogP contribution in [0.4, 0.5) is 0 Å². The van der Waals surface area contributed by atoms with Crippen molar-refractivity contribution in [3.63, 3.8) is 0 Å². The van der Waals surface area contributed by atoms with Crippen molar-refractivity contribution in [2.45, 2.75) is 58.2 Å². The zero-order chi connectivity index (χ0) is 13.1. The first kappa shape index (κ1) is 14.3. The number of rotatable bonds is 5. The summed E-state index contributed by atoms with van der Waals surface area (Å²) in [4.78, 5) is 5.27. The van der Waals surface area contributed by atoms with Crippen LogP contribution in [0.5, 0.6) is 0 Å². The zero-order valence-electron chi connectivity index (χ0n) is 12.7. The first-order chi connectivity index (χ1) is 8.56. The Morgan fingerprint density at radius 1 is 1.39 bits per heavy atom. The fourth-order valence-corrected chi connectivity index (χ4v) is 3.46. The van der Waals surface area contributed by atoms with E-state index < -0.39 is 0 Å². The van der Waals surface area contributed by atoms with Gasteiger partial charge < -0.3 is 10.2 Å². The average Bonchev–Trinajstić information content (AvgIpc) is 2.89. The number of likely N-dealkylation sites (N-methyl/N-ethyl adjacent to an activating group) is 1. The van der Waals surface area contributed by atoms with Gasteiger partial charge in [-0.15, -0.1) is 0 Å². The Kier molecular flexibility index (Phi) is 5.05. The van der Waals surface area contributed by atoms with Crippen molar-refractivity contribution < 1.29 is 0 Å². The average molecular weight is 253 g/mol. The monoisotopic (exact) mass is 253 g/mol. The van der Waals surface area contributed by atoms with Crippen LogP contribution in [0.15, 0.2) is 0 Å². The molecule has 0 aromatic rings. The first-order valence-corrected chi connectivity index (χ1v) is 7.74. The minimum atomic E-state index is 0.741. The highest BCUT2D eigenvalue weighted by atomic mass is 15.3. The summed E-state index contributed by atoms with van der Waals surface area (Å²) in [6, 6.07) is 2.26. The highest BCUT2D eigenvalue weighted by Crippen LogP contribution is 2.22. The number of hydrogen-bond donors (Lipinski definition) is 1. The Morgan fingerprint density at radius 2 is 2.17 bits per heavy atom. The van der Waals surface area contributed by atoms with Crippen LogP contribution in [0.2, 0.25) is 0 Å². The van der Waals surface area contributed by atoms with Crippen LogP contribution in [0.1, 0.15) is 40.0 Å². The van der Waals surface area contributed by atoms with E-state index in [-0.39, 0.29) is 0 Å². The standard InChI is InChI=1S/C15H31N3/c1-12(2)9-18(10-14-6-5-7-16-14)15-8-13(3)17(4)11-15/h12-16H,5-11H2,1-4H3. The van der Waals surface area contributed by atoms with Gasteiger partial charge >= 0.3 is 0 Å². The molecule has 3 atom stereocenters. The third kappa shape index (κ3) is 3.69. The molecule has 0 aromatic heterocycles. The third-order valence-electron chi connectivity index (χ3n) is 4.60. The summed E-state index contributed by atoms with van der Waals surface area (Å²) in [5, 5.41) is 3.65. The molecule has 2 saturated heterocycles. The molecule has 0 saturated carbocycles. The lowest BCUT2D eigenvalue weighted by atomic mass is 10.1. The molecule has 0 spiro atoms. The molecular formula is C15H31N3. The molecule has 3 nitrogen and oxygen atoms in total. The summed E-state index contributed by atoms with van der Waals surface area (Å²) in [6.07, 6.45) is 4.07. The van der Waals surface area contributed by atoms with Gasteiger partial charge in [0.15, 0.2) is 0 Å². The molecule has 3 unspecified atom stereocenters. The van der Waals surface area contributed by atoms with Crippen LogP contribution in [0.25, 0.3) is 0 Å². The van der Waals surface area contributed by atoms with Crippen LogP contribution in [0, 0.1) is 5.92 Å². The maximum absolute atomic E-state index is 3.65. The molecule has 2 aliphatic heterocycles. The topological polar surface area (TPSA) is 18.5 Å². The fraction of sp³-hybridized carbons (Fsp3) is 1.00. The Morgan fingerprint density at radius 3 is 2.67 bits per heavy atom. The Bertz CT molecular complexity index is 238. The van der Waals surface area contributed by atoms with Gasteiger partial charge in [-0.2, -0.15) is 0 Å². The maximum Gasteiger partial charge on any atom is 0.0238 e. The smallest absolute Gasteiger partial charge is 0.0238 e. The van der Waals surface area contributed by atoms with E-state index >= 15 is 0 Å². The van der Waals surface area contributed by atoms with E-state index in [2.05, 4.69) is 42.9 Å². The molecule has 0 radical (unpaired) electrons. The molecule has 1 N–H and O–H groups in total. The Labute approximate surface area is 113 Å². The van der Waals surface area contributed by atoms with Crippen molar-refractivity contribution in [2.75, 3.05) is 33.2 Å². The molecule has 3 heteroatoms. The summed E-state index contributed by atoms with van der Waals surface area (Å²) in [6.45, 7) is 12.0. The van der Waals surface area contributed by atoms with Crippen molar-refractivity contribution in [3.05, 3.63) is 0 Å². The van der Waals surface area contributed by atoms with Crippen LogP contribution in [0.3, 0.4) is 0 Å². The van der Waals surface area contributed by atoms with Crippen LogP contribution in [-0.4, -0.2) is 61.2 Å². The van der Waals surface area contributed by atoms with Crippen LogP contribution in [-0.2, 0) is 0 Å². The number of likely N-dealkylation sites (tertiary alicyclic amines) is 1. The van der Waals surface area contributed by atoms with Gasteiger partial charge in [0.25, 0.3) is 0 Å². The largest absolute Gasteiger partial charge is 0.313 e. The van der Waals surface area contributed by atoms with E-state index in [9.17, 15) is 0 Å². The Balaban J connectivity index is 1.91. The van der Waals surface area contributed by atoms with Crippen molar-refractivity contribution >= 4 is 0 Å². The molecule has 0 aliphatic carbocycles. The quantitative estimate of drug-likeness (QED) is 0.806. The van der Waals surface area contributed by atoms with Gasteiger partial charge in [-0.05, 0) is 45.7 Å². The zero-order valence-corrected chi connectivity index (χ0v) is 12.7. The molecule has 2 aliphatic rings. The lowest BCUT2D eigenvalue weighted by Gasteiger charge is -2.32. The number of hydrogen-bond acceptors (Lipinski definition) is 3. The molecule has 106 valence electrons. The summed E-state index contributed by atoms with van der Waals surface area (Å²) >= 11 is 0. The predicted molar refractivity (Wildman–Crippen MR) is 77.9 cm³/mol. The highest BCUT2D eigenvalue weighted by Gasteiger charge is 2.32. The van der Waals surface area contributed by atoms with Crippen molar-refractivity contribution in [3.8, 4) is 0 Å². The highest BCUT2D eigenvalue weighted by molar-refractivity contribution is 4.89. The van der Waals surface area contributed by atoms with Crippen molar-refractivity contribution in [2.24, 2.45) is 5.92 Å². The Hall–Kier alpha value is -0.120. The molecular weight excluding hydrogens is 222 g/mol. The normalized spacial score (nSPS) is 34.0. The van der Waals surface area contributed by atoms with Gasteiger partial charge in [-0.1, -0.05) is 13.8 Å². The number of nitrogens with zero attached hydrogens (tertiary/aromatic N) is 2. The van der Waals surface area contributed by atoms with Crippen molar-refractivity contribution in [1.82, 2.24) is 15.1 Å². The number of nitrogens with one attached hydrogen (secondary N) is 1. The second kappa shape index (κ2) is 6.36. The molecule has 2 rings (SSSR count). The third-order valence-corrected chi connectivity index (χ3v) is 4.60. The van der Waals surface area contributed by atoms with E-state index in [1.54, 1.807) is 0 Å². The molecule has 2 heterocycles. The molecule has 0 amide bonds. The molecule has 0 aromatic carbocycles. The van der Waals surface area contributed by atoms with Gasteiger partial charge in [-0.25, -0.2) is 0 Å². The molecule has 18 heavy (non-hydrogen) atoms. The van der Waals surface area contributed by atoms with Gasteiger partial charge in [0, 0.05) is 37.8 Å². The van der Waals surface area contributed by atoms with Gasteiger partial charge in [-0.3, -0.25) is 4.90 Å². The van der Waals surface area contributed by atoms with E-state index in [4.69, 9.17) is 0 Å². The van der Waals surface area contributed by atoms with Crippen LogP contribution >= 0.6 is 0 Å². The summed E-state index contributed by atoms with van der Waals surface area (Å²) in [5.41, 5.74) is 0. The van der Waals surface area contributed by atoms with Gasteiger partial charge in [0.2, 0.25) is 0 Å².